The lowest BCUT2D eigenvalue weighted by Gasteiger charge is -2.06. The van der Waals surface area contributed by atoms with E-state index in [0.29, 0.717) is 5.92 Å². The van der Waals surface area contributed by atoms with Crippen LogP contribution >= 0.6 is 0 Å². The van der Waals surface area contributed by atoms with Gasteiger partial charge < -0.3 is 0 Å². The van der Waals surface area contributed by atoms with Gasteiger partial charge in [-0.05, 0) is 24.5 Å². The van der Waals surface area contributed by atoms with Crippen LogP contribution in [0.2, 0.25) is 0 Å². The second-order valence-electron chi connectivity index (χ2n) is 2.99. The summed E-state index contributed by atoms with van der Waals surface area (Å²) in [5, 5.41) is 0. The molecule has 0 saturated heterocycles. The van der Waals surface area contributed by atoms with Gasteiger partial charge in [0.05, 0.1) is 0 Å². The molecule has 1 nitrogen and oxygen atoms in total. The van der Waals surface area contributed by atoms with Crippen molar-refractivity contribution in [3.8, 4) is 0 Å². The fourth-order valence-electron chi connectivity index (χ4n) is 1.10. The average molecular weight is 153 g/mol. The lowest BCUT2D eigenvalue weighted by Crippen LogP contribution is -1.98. The Kier molecular flexibility index (Phi) is 2.22. The van der Waals surface area contributed by atoms with Gasteiger partial charge in [-0.1, -0.05) is 19.9 Å². The Balaban J connectivity index is 3.13. The molecule has 0 N–H and O–H groups in total. The number of aromatic nitrogens is 1. The Morgan fingerprint density at radius 3 is 2.45 bits per heavy atom. The molecule has 0 bridgehead atoms. The van der Waals surface area contributed by atoms with E-state index in [1.807, 2.05) is 20.8 Å². The average Bonchev–Trinajstić information content (AvgIpc) is 1.94. The minimum absolute atomic E-state index is 0.297. The van der Waals surface area contributed by atoms with Crippen molar-refractivity contribution in [3.05, 3.63) is 29.3 Å². The Morgan fingerprint density at radius 2 is 2.00 bits per heavy atom. The van der Waals surface area contributed by atoms with E-state index < -0.39 is 0 Å². The molecule has 2 heteroatoms. The minimum atomic E-state index is -0.390. The third kappa shape index (κ3) is 1.76. The molecular formula is C9H12FN. The van der Waals surface area contributed by atoms with Crippen LogP contribution in [0.15, 0.2) is 12.1 Å². The maximum Gasteiger partial charge on any atom is 0.213 e. The second-order valence-corrected chi connectivity index (χ2v) is 2.99. The molecule has 1 rings (SSSR count). The van der Waals surface area contributed by atoms with Crippen molar-refractivity contribution in [2.45, 2.75) is 26.7 Å². The fourth-order valence-corrected chi connectivity index (χ4v) is 1.10. The second kappa shape index (κ2) is 2.99. The molecule has 1 heterocycles. The van der Waals surface area contributed by atoms with Crippen LogP contribution in [0.4, 0.5) is 4.39 Å². The third-order valence-electron chi connectivity index (χ3n) is 1.65. The molecular weight excluding hydrogens is 141 g/mol. The van der Waals surface area contributed by atoms with E-state index in [1.54, 1.807) is 6.07 Å². The maximum atomic E-state index is 12.6. The number of hydrogen-bond donors (Lipinski definition) is 0. The molecule has 1 aromatic rings. The summed E-state index contributed by atoms with van der Waals surface area (Å²) in [7, 11) is 0. The van der Waals surface area contributed by atoms with Crippen molar-refractivity contribution in [2.24, 2.45) is 0 Å². The zero-order valence-electron chi connectivity index (χ0n) is 7.06. The van der Waals surface area contributed by atoms with Crippen molar-refractivity contribution < 1.29 is 4.39 Å². The van der Waals surface area contributed by atoms with E-state index >= 15 is 0 Å². The number of rotatable bonds is 1. The SMILES string of the molecule is Cc1ccc(F)nc1C(C)C. The largest absolute Gasteiger partial charge is 0.224 e. The highest BCUT2D eigenvalue weighted by Crippen LogP contribution is 2.15. The van der Waals surface area contributed by atoms with Crippen LogP contribution < -0.4 is 0 Å². The predicted molar refractivity (Wildman–Crippen MR) is 43.0 cm³/mol. The molecule has 0 atom stereocenters. The first-order valence-corrected chi connectivity index (χ1v) is 3.74. The van der Waals surface area contributed by atoms with Crippen LogP contribution in [0.25, 0.3) is 0 Å². The van der Waals surface area contributed by atoms with Gasteiger partial charge in [0, 0.05) is 5.69 Å². The first-order chi connectivity index (χ1) is 5.11. The highest BCUT2D eigenvalue weighted by molar-refractivity contribution is 5.20. The lowest BCUT2D eigenvalue weighted by atomic mass is 10.1. The summed E-state index contributed by atoms with van der Waals surface area (Å²) in [6.45, 7) is 5.96. The standard InChI is InChI=1S/C9H12FN/c1-6(2)9-7(3)4-5-8(10)11-9/h4-6H,1-3H3. The van der Waals surface area contributed by atoms with E-state index in [4.69, 9.17) is 0 Å². The molecule has 0 radical (unpaired) electrons. The molecule has 0 spiro atoms. The van der Waals surface area contributed by atoms with E-state index in [0.717, 1.165) is 11.3 Å². The number of hydrogen-bond acceptors (Lipinski definition) is 1. The van der Waals surface area contributed by atoms with Crippen LogP contribution in [-0.2, 0) is 0 Å². The maximum absolute atomic E-state index is 12.6. The van der Waals surface area contributed by atoms with Crippen molar-refractivity contribution >= 4 is 0 Å². The van der Waals surface area contributed by atoms with Crippen LogP contribution in [0.5, 0.6) is 0 Å². The highest BCUT2D eigenvalue weighted by Gasteiger charge is 2.05. The number of pyridine rings is 1. The van der Waals surface area contributed by atoms with Crippen LogP contribution in [-0.4, -0.2) is 4.98 Å². The Labute approximate surface area is 66.3 Å². The summed E-state index contributed by atoms with van der Waals surface area (Å²) in [6.07, 6.45) is 0. The summed E-state index contributed by atoms with van der Waals surface area (Å²) < 4.78 is 12.6. The molecule has 0 aliphatic heterocycles. The molecule has 60 valence electrons. The Hall–Kier alpha value is -0.920. The Morgan fingerprint density at radius 1 is 1.36 bits per heavy atom. The first-order valence-electron chi connectivity index (χ1n) is 3.74. The van der Waals surface area contributed by atoms with E-state index in [9.17, 15) is 4.39 Å². The van der Waals surface area contributed by atoms with Crippen LogP contribution in [0.3, 0.4) is 0 Å². The van der Waals surface area contributed by atoms with Crippen molar-refractivity contribution in [2.75, 3.05) is 0 Å². The molecule has 11 heavy (non-hydrogen) atoms. The molecule has 0 aromatic carbocycles. The molecule has 0 aliphatic carbocycles. The van der Waals surface area contributed by atoms with Gasteiger partial charge in [0.25, 0.3) is 0 Å². The number of aryl methyl sites for hydroxylation is 1. The molecule has 0 amide bonds. The Bertz CT molecular complexity index is 256. The fraction of sp³-hybridized carbons (Fsp3) is 0.444. The topological polar surface area (TPSA) is 12.9 Å². The smallest absolute Gasteiger partial charge is 0.213 e. The summed E-state index contributed by atoms with van der Waals surface area (Å²) in [4.78, 5) is 3.81. The molecule has 0 fully saturated rings. The van der Waals surface area contributed by atoms with E-state index in [1.165, 1.54) is 6.07 Å². The van der Waals surface area contributed by atoms with Gasteiger partial charge in [0.15, 0.2) is 0 Å². The van der Waals surface area contributed by atoms with Crippen molar-refractivity contribution in [3.63, 3.8) is 0 Å². The monoisotopic (exact) mass is 153 g/mol. The van der Waals surface area contributed by atoms with Crippen LogP contribution in [0, 0.1) is 12.9 Å². The summed E-state index contributed by atoms with van der Waals surface area (Å²) in [6, 6.07) is 3.15. The minimum Gasteiger partial charge on any atom is -0.224 e. The van der Waals surface area contributed by atoms with E-state index in [2.05, 4.69) is 4.98 Å². The highest BCUT2D eigenvalue weighted by atomic mass is 19.1. The van der Waals surface area contributed by atoms with Crippen molar-refractivity contribution in [1.82, 2.24) is 4.98 Å². The zero-order chi connectivity index (χ0) is 8.43. The first kappa shape index (κ1) is 8.18. The molecule has 0 aliphatic rings. The van der Waals surface area contributed by atoms with E-state index in [-0.39, 0.29) is 5.95 Å². The van der Waals surface area contributed by atoms with Gasteiger partial charge in [-0.15, -0.1) is 0 Å². The van der Waals surface area contributed by atoms with Gasteiger partial charge in [-0.3, -0.25) is 0 Å². The van der Waals surface area contributed by atoms with Gasteiger partial charge in [-0.25, -0.2) is 4.98 Å². The molecule has 0 unspecified atom stereocenters. The normalized spacial score (nSPS) is 10.6. The van der Waals surface area contributed by atoms with Gasteiger partial charge in [0.2, 0.25) is 5.95 Å². The third-order valence-corrected chi connectivity index (χ3v) is 1.65. The molecule has 0 saturated carbocycles. The summed E-state index contributed by atoms with van der Waals surface area (Å²) >= 11 is 0. The summed E-state index contributed by atoms with van der Waals surface area (Å²) in [5.41, 5.74) is 1.91. The van der Waals surface area contributed by atoms with Gasteiger partial charge >= 0.3 is 0 Å². The number of nitrogens with zero attached hydrogens (tertiary/aromatic N) is 1. The summed E-state index contributed by atoms with van der Waals surface area (Å²) in [5.74, 6) is -0.0926. The van der Waals surface area contributed by atoms with Crippen LogP contribution in [0.1, 0.15) is 31.0 Å². The lowest BCUT2D eigenvalue weighted by molar-refractivity contribution is 0.570. The van der Waals surface area contributed by atoms with Gasteiger partial charge in [0.1, 0.15) is 0 Å². The number of halogens is 1. The zero-order valence-corrected chi connectivity index (χ0v) is 7.06. The predicted octanol–water partition coefficient (Wildman–Crippen LogP) is 2.65. The van der Waals surface area contributed by atoms with Crippen molar-refractivity contribution in [1.29, 1.82) is 0 Å². The quantitative estimate of drug-likeness (QED) is 0.565. The molecule has 1 aromatic heterocycles. The van der Waals surface area contributed by atoms with Gasteiger partial charge in [-0.2, -0.15) is 4.39 Å².